The van der Waals surface area contributed by atoms with Crippen molar-refractivity contribution in [1.82, 2.24) is 15.3 Å². The number of fused-ring (bicyclic) bond motifs is 1. The first-order valence-electron chi connectivity index (χ1n) is 11.4. The lowest BCUT2D eigenvalue weighted by molar-refractivity contribution is -0.115. The third kappa shape index (κ3) is 5.31. The van der Waals surface area contributed by atoms with Crippen molar-refractivity contribution in [2.24, 2.45) is 0 Å². The Hall–Kier alpha value is -3.59. The number of hydrogen-bond acceptors (Lipinski definition) is 6. The number of anilines is 1. The molecule has 5 rings (SSSR count). The Labute approximate surface area is 220 Å². The SMILES string of the molecule is Cl.O=C1CNC(=S)N1c1cc(-c2ccc(-c3ccc(OCCCCO)cc3)cc2)nc2ccncc12. The summed E-state index contributed by atoms with van der Waals surface area (Å²) >= 11 is 5.37. The molecule has 1 fully saturated rings. The summed E-state index contributed by atoms with van der Waals surface area (Å²) in [4.78, 5) is 23.0. The topological polar surface area (TPSA) is 87.6 Å². The van der Waals surface area contributed by atoms with E-state index >= 15 is 0 Å². The molecule has 36 heavy (non-hydrogen) atoms. The van der Waals surface area contributed by atoms with E-state index in [1.165, 1.54) is 4.90 Å². The molecule has 1 saturated heterocycles. The van der Waals surface area contributed by atoms with Gasteiger partial charge in [0.15, 0.2) is 5.11 Å². The number of aliphatic hydroxyl groups excluding tert-OH is 1. The average Bonchev–Trinajstić information content (AvgIpc) is 3.24. The van der Waals surface area contributed by atoms with Gasteiger partial charge in [-0.3, -0.25) is 14.7 Å². The second kappa shape index (κ2) is 11.4. The molecule has 2 aromatic heterocycles. The van der Waals surface area contributed by atoms with Crippen molar-refractivity contribution in [3.05, 3.63) is 73.1 Å². The first-order chi connectivity index (χ1) is 17.1. The third-order valence-electron chi connectivity index (χ3n) is 5.86. The number of nitrogens with one attached hydrogen (secondary N) is 1. The molecule has 0 unspecified atom stereocenters. The number of aliphatic hydroxyl groups is 1. The highest BCUT2D eigenvalue weighted by Gasteiger charge is 2.29. The number of unbranched alkanes of at least 4 members (excludes halogenated alkanes) is 1. The monoisotopic (exact) mass is 520 g/mol. The van der Waals surface area contributed by atoms with Gasteiger partial charge in [-0.2, -0.15) is 0 Å². The quantitative estimate of drug-likeness (QED) is 0.256. The molecule has 1 amide bonds. The van der Waals surface area contributed by atoms with Crippen LogP contribution >= 0.6 is 24.6 Å². The second-order valence-corrected chi connectivity index (χ2v) is 8.57. The Morgan fingerprint density at radius 1 is 1.00 bits per heavy atom. The van der Waals surface area contributed by atoms with Crippen LogP contribution in [0.5, 0.6) is 5.75 Å². The standard InChI is InChI=1S/C27H24N4O3S.ClH/c32-13-1-2-14-34-21-9-7-19(8-10-21)18-3-5-20(6-4-18)24-15-25(31-26(33)17-29-27(31)35)22-16-28-12-11-23(22)30-24;/h3-12,15-16,32H,1-2,13-14,17H2,(H,29,35);1H. The highest BCUT2D eigenvalue weighted by Crippen LogP contribution is 2.33. The lowest BCUT2D eigenvalue weighted by Gasteiger charge is -2.18. The first kappa shape index (κ1) is 25.5. The molecule has 4 aromatic rings. The van der Waals surface area contributed by atoms with Crippen molar-refractivity contribution in [3.63, 3.8) is 0 Å². The Balaban J connectivity index is 0.00000304. The van der Waals surface area contributed by atoms with Gasteiger partial charge in [-0.1, -0.05) is 36.4 Å². The van der Waals surface area contributed by atoms with Gasteiger partial charge >= 0.3 is 0 Å². The van der Waals surface area contributed by atoms with Gasteiger partial charge in [-0.05, 0) is 60.5 Å². The van der Waals surface area contributed by atoms with E-state index in [0.717, 1.165) is 51.9 Å². The minimum atomic E-state index is -0.103. The zero-order chi connectivity index (χ0) is 24.2. The number of aromatic nitrogens is 2. The number of hydrogen-bond donors (Lipinski definition) is 2. The molecule has 2 N–H and O–H groups in total. The van der Waals surface area contributed by atoms with Gasteiger partial charge < -0.3 is 15.2 Å². The van der Waals surface area contributed by atoms with Crippen LogP contribution < -0.4 is 15.0 Å². The van der Waals surface area contributed by atoms with Crippen molar-refractivity contribution >= 4 is 52.2 Å². The molecule has 0 atom stereocenters. The molecule has 0 spiro atoms. The summed E-state index contributed by atoms with van der Waals surface area (Å²) in [5, 5.41) is 13.0. The van der Waals surface area contributed by atoms with Crippen molar-refractivity contribution in [1.29, 1.82) is 0 Å². The molecule has 0 bridgehead atoms. The molecule has 0 saturated carbocycles. The maximum Gasteiger partial charge on any atom is 0.252 e. The molecule has 184 valence electrons. The van der Waals surface area contributed by atoms with Crippen LogP contribution in [0.15, 0.2) is 73.1 Å². The van der Waals surface area contributed by atoms with Gasteiger partial charge in [0.25, 0.3) is 5.91 Å². The second-order valence-electron chi connectivity index (χ2n) is 8.19. The molecule has 9 heteroatoms. The van der Waals surface area contributed by atoms with Crippen molar-refractivity contribution < 1.29 is 14.6 Å². The summed E-state index contributed by atoms with van der Waals surface area (Å²) in [5.41, 5.74) is 5.26. The van der Waals surface area contributed by atoms with E-state index in [9.17, 15) is 4.79 Å². The summed E-state index contributed by atoms with van der Waals surface area (Å²) in [7, 11) is 0. The first-order valence-corrected chi connectivity index (χ1v) is 11.8. The zero-order valence-corrected chi connectivity index (χ0v) is 21.0. The maximum absolute atomic E-state index is 12.5. The fourth-order valence-corrected chi connectivity index (χ4v) is 4.30. The molecule has 1 aliphatic heterocycles. The van der Waals surface area contributed by atoms with Gasteiger partial charge in [0.2, 0.25) is 0 Å². The van der Waals surface area contributed by atoms with Crippen molar-refractivity contribution in [2.45, 2.75) is 12.8 Å². The number of halogens is 1. The predicted octanol–water partition coefficient (Wildman–Crippen LogP) is 4.76. The van der Waals surface area contributed by atoms with Crippen molar-refractivity contribution in [3.8, 4) is 28.1 Å². The molecule has 2 aromatic carbocycles. The molecule has 1 aliphatic rings. The zero-order valence-electron chi connectivity index (χ0n) is 19.4. The number of amides is 1. The number of thiocarbonyl (C=S) groups is 1. The van der Waals surface area contributed by atoms with Gasteiger partial charge in [0.05, 0.1) is 30.0 Å². The fourth-order valence-electron chi connectivity index (χ4n) is 4.03. The Morgan fingerprint density at radius 3 is 2.36 bits per heavy atom. The smallest absolute Gasteiger partial charge is 0.252 e. The van der Waals surface area contributed by atoms with E-state index in [0.29, 0.717) is 17.4 Å². The summed E-state index contributed by atoms with van der Waals surface area (Å²) in [5.74, 6) is 0.711. The van der Waals surface area contributed by atoms with Gasteiger partial charge in [0.1, 0.15) is 5.75 Å². The number of benzene rings is 2. The average molecular weight is 521 g/mol. The van der Waals surface area contributed by atoms with Gasteiger partial charge in [-0.25, -0.2) is 4.98 Å². The minimum Gasteiger partial charge on any atom is -0.494 e. The van der Waals surface area contributed by atoms with E-state index < -0.39 is 0 Å². The highest BCUT2D eigenvalue weighted by atomic mass is 35.5. The summed E-state index contributed by atoms with van der Waals surface area (Å²) in [6.45, 7) is 0.960. The van der Waals surface area contributed by atoms with Crippen LogP contribution in [0.25, 0.3) is 33.3 Å². The number of carbonyl (C=O) groups excluding carboxylic acids is 1. The van der Waals surface area contributed by atoms with E-state index in [1.54, 1.807) is 12.4 Å². The van der Waals surface area contributed by atoms with E-state index in [2.05, 4.69) is 22.4 Å². The van der Waals surface area contributed by atoms with E-state index in [-0.39, 0.29) is 31.5 Å². The van der Waals surface area contributed by atoms with E-state index in [1.807, 2.05) is 48.5 Å². The number of rotatable bonds is 8. The van der Waals surface area contributed by atoms with Crippen LogP contribution in [-0.4, -0.2) is 45.9 Å². The maximum atomic E-state index is 12.5. The number of carbonyl (C=O) groups is 1. The lowest BCUT2D eigenvalue weighted by Crippen LogP contribution is -2.30. The molecule has 0 radical (unpaired) electrons. The number of pyridine rings is 2. The van der Waals surface area contributed by atoms with Crippen LogP contribution in [-0.2, 0) is 4.79 Å². The molecular formula is C27H25ClN4O3S. The Kier molecular flexibility index (Phi) is 8.10. The Morgan fingerprint density at radius 2 is 1.69 bits per heavy atom. The van der Waals surface area contributed by atoms with E-state index in [4.69, 9.17) is 27.0 Å². The lowest BCUT2D eigenvalue weighted by atomic mass is 10.0. The van der Waals surface area contributed by atoms with Gasteiger partial charge in [-0.15, -0.1) is 12.4 Å². The molecule has 7 nitrogen and oxygen atoms in total. The predicted molar refractivity (Wildman–Crippen MR) is 148 cm³/mol. The van der Waals surface area contributed by atoms with Crippen LogP contribution in [0.4, 0.5) is 5.69 Å². The fraction of sp³-hybridized carbons (Fsp3) is 0.185. The number of nitrogens with zero attached hydrogens (tertiary/aromatic N) is 3. The largest absolute Gasteiger partial charge is 0.494 e. The molecular weight excluding hydrogens is 496 g/mol. The van der Waals surface area contributed by atoms with Crippen molar-refractivity contribution in [2.75, 3.05) is 24.7 Å². The van der Waals surface area contributed by atoms with Crippen LogP contribution in [0.3, 0.4) is 0 Å². The molecule has 0 aliphatic carbocycles. The Bertz CT molecular complexity index is 1360. The van der Waals surface area contributed by atoms with Gasteiger partial charge in [0, 0.05) is 30.0 Å². The summed E-state index contributed by atoms with van der Waals surface area (Å²) in [6.07, 6.45) is 4.97. The normalized spacial score (nSPS) is 13.0. The minimum absolute atomic E-state index is 0. The number of ether oxygens (including phenoxy) is 1. The van der Waals surface area contributed by atoms with Crippen LogP contribution in [0.1, 0.15) is 12.8 Å². The summed E-state index contributed by atoms with van der Waals surface area (Å²) < 4.78 is 5.71. The summed E-state index contributed by atoms with van der Waals surface area (Å²) in [6, 6.07) is 19.8. The third-order valence-corrected chi connectivity index (χ3v) is 6.19. The highest BCUT2D eigenvalue weighted by molar-refractivity contribution is 7.80. The van der Waals surface area contributed by atoms with Crippen LogP contribution in [0, 0.1) is 0 Å². The van der Waals surface area contributed by atoms with Crippen LogP contribution in [0.2, 0.25) is 0 Å². The molecule has 3 heterocycles.